The fourth-order valence-corrected chi connectivity index (χ4v) is 4.92. The maximum absolute atomic E-state index is 12.7. The number of rotatable bonds is 6. The lowest BCUT2D eigenvalue weighted by Crippen LogP contribution is -2.49. The molecule has 1 aliphatic rings. The number of pyridine rings is 1. The zero-order chi connectivity index (χ0) is 21.1. The summed E-state index contributed by atoms with van der Waals surface area (Å²) in [6, 6.07) is 6.92. The molecular formula is C19H23N7O3S. The number of nitrogens with zero attached hydrogens (tertiary/aromatic N) is 7. The van der Waals surface area contributed by atoms with Crippen molar-refractivity contribution in [3.05, 3.63) is 59.4 Å². The van der Waals surface area contributed by atoms with Crippen LogP contribution in [0.15, 0.2) is 59.0 Å². The van der Waals surface area contributed by atoms with Crippen molar-refractivity contribution in [2.24, 2.45) is 7.05 Å². The van der Waals surface area contributed by atoms with Gasteiger partial charge in [-0.25, -0.2) is 18.1 Å². The summed E-state index contributed by atoms with van der Waals surface area (Å²) in [6.45, 7) is 2.97. The van der Waals surface area contributed by atoms with Gasteiger partial charge in [-0.3, -0.25) is 14.7 Å². The Labute approximate surface area is 174 Å². The van der Waals surface area contributed by atoms with E-state index in [0.29, 0.717) is 45.0 Å². The Morgan fingerprint density at radius 2 is 1.83 bits per heavy atom. The maximum atomic E-state index is 12.7. The molecule has 30 heavy (non-hydrogen) atoms. The quantitative estimate of drug-likeness (QED) is 0.545. The van der Waals surface area contributed by atoms with Crippen LogP contribution in [0.3, 0.4) is 0 Å². The zero-order valence-electron chi connectivity index (χ0n) is 16.6. The Hall–Kier alpha value is -2.89. The van der Waals surface area contributed by atoms with Crippen LogP contribution < -0.4 is 5.56 Å². The molecule has 1 aliphatic heterocycles. The largest absolute Gasteiger partial charge is 0.324 e. The number of aryl methyl sites for hydroxylation is 1. The van der Waals surface area contributed by atoms with E-state index in [0.717, 1.165) is 5.56 Å². The summed E-state index contributed by atoms with van der Waals surface area (Å²) in [5.74, 6) is 0. The van der Waals surface area contributed by atoms with Gasteiger partial charge in [0.25, 0.3) is 15.6 Å². The van der Waals surface area contributed by atoms with E-state index < -0.39 is 10.0 Å². The van der Waals surface area contributed by atoms with Crippen LogP contribution in [0.25, 0.3) is 11.3 Å². The lowest BCUT2D eigenvalue weighted by molar-refractivity contribution is 0.179. The first-order valence-corrected chi connectivity index (χ1v) is 11.1. The molecular weight excluding hydrogens is 406 g/mol. The molecule has 11 heteroatoms. The molecule has 1 fully saturated rings. The van der Waals surface area contributed by atoms with Crippen LogP contribution in [0.2, 0.25) is 0 Å². The normalized spacial score (nSPS) is 16.0. The summed E-state index contributed by atoms with van der Waals surface area (Å²) >= 11 is 0. The molecule has 158 valence electrons. The van der Waals surface area contributed by atoms with E-state index in [1.54, 1.807) is 31.7 Å². The van der Waals surface area contributed by atoms with E-state index in [4.69, 9.17) is 0 Å². The minimum absolute atomic E-state index is 0.0546. The van der Waals surface area contributed by atoms with Crippen LogP contribution in [-0.4, -0.2) is 74.7 Å². The third-order valence-corrected chi connectivity index (χ3v) is 7.03. The van der Waals surface area contributed by atoms with E-state index in [-0.39, 0.29) is 10.7 Å². The molecule has 0 atom stereocenters. The van der Waals surface area contributed by atoms with Crippen LogP contribution in [0, 0.1) is 0 Å². The van der Waals surface area contributed by atoms with Crippen LogP contribution >= 0.6 is 0 Å². The monoisotopic (exact) mass is 429 g/mol. The molecule has 3 aromatic heterocycles. The summed E-state index contributed by atoms with van der Waals surface area (Å²) in [5.41, 5.74) is 1.37. The van der Waals surface area contributed by atoms with Crippen molar-refractivity contribution in [3.63, 3.8) is 0 Å². The molecule has 1 saturated heterocycles. The highest BCUT2D eigenvalue weighted by Crippen LogP contribution is 2.16. The molecule has 0 bridgehead atoms. The van der Waals surface area contributed by atoms with E-state index in [1.807, 2.05) is 12.1 Å². The van der Waals surface area contributed by atoms with Gasteiger partial charge in [-0.2, -0.15) is 9.40 Å². The first-order chi connectivity index (χ1) is 14.4. The smallest absolute Gasteiger partial charge is 0.277 e. The molecule has 0 aromatic carbocycles. The van der Waals surface area contributed by atoms with Gasteiger partial charge in [0, 0.05) is 76.2 Å². The number of piperazine rings is 1. The Morgan fingerprint density at radius 3 is 2.50 bits per heavy atom. The number of hydrogen-bond donors (Lipinski definition) is 0. The topological polar surface area (TPSA) is 106 Å². The fraction of sp³-hybridized carbons (Fsp3) is 0.368. The molecule has 0 saturated carbocycles. The van der Waals surface area contributed by atoms with Gasteiger partial charge in [-0.15, -0.1) is 0 Å². The number of aromatic nitrogens is 5. The molecule has 0 N–H and O–H groups in total. The Bertz CT molecular complexity index is 1170. The highest BCUT2D eigenvalue weighted by molar-refractivity contribution is 7.89. The first-order valence-electron chi connectivity index (χ1n) is 9.63. The molecule has 10 nitrogen and oxygen atoms in total. The number of imidazole rings is 1. The Morgan fingerprint density at radius 1 is 1.03 bits per heavy atom. The molecule has 0 spiro atoms. The van der Waals surface area contributed by atoms with Crippen molar-refractivity contribution in [1.29, 1.82) is 0 Å². The van der Waals surface area contributed by atoms with Gasteiger partial charge >= 0.3 is 0 Å². The Kier molecular flexibility index (Phi) is 5.75. The second-order valence-corrected chi connectivity index (χ2v) is 8.92. The molecule has 0 unspecified atom stereocenters. The lowest BCUT2D eigenvalue weighted by atomic mass is 10.2. The number of sulfonamides is 1. The van der Waals surface area contributed by atoms with Gasteiger partial charge in [-0.1, -0.05) is 0 Å². The second kappa shape index (κ2) is 8.46. The van der Waals surface area contributed by atoms with Crippen molar-refractivity contribution in [3.8, 4) is 11.3 Å². The van der Waals surface area contributed by atoms with Gasteiger partial charge in [0.1, 0.15) is 0 Å². The highest BCUT2D eigenvalue weighted by Gasteiger charge is 2.31. The van der Waals surface area contributed by atoms with Crippen LogP contribution in [0.5, 0.6) is 0 Å². The molecule has 3 aromatic rings. The average Bonchev–Trinajstić information content (AvgIpc) is 3.21. The standard InChI is InChI=1S/C19H23N7O3S/c1-23-8-7-21-19(23)30(28,29)25-12-9-24(10-13-25)11-14-26-18(27)5-4-17(22-26)16-3-2-6-20-15-16/h2-8,15H,9-14H2,1H3. The predicted molar refractivity (Wildman–Crippen MR) is 110 cm³/mol. The summed E-state index contributed by atoms with van der Waals surface area (Å²) < 4.78 is 29.9. The van der Waals surface area contributed by atoms with E-state index in [1.165, 1.54) is 25.8 Å². The lowest BCUT2D eigenvalue weighted by Gasteiger charge is -2.33. The summed E-state index contributed by atoms with van der Waals surface area (Å²) in [6.07, 6.45) is 6.49. The average molecular weight is 430 g/mol. The minimum atomic E-state index is -3.60. The third kappa shape index (κ3) is 4.18. The molecule has 0 radical (unpaired) electrons. The summed E-state index contributed by atoms with van der Waals surface area (Å²) in [5, 5.41) is 4.50. The van der Waals surface area contributed by atoms with Crippen molar-refractivity contribution in [2.75, 3.05) is 32.7 Å². The van der Waals surface area contributed by atoms with Crippen LogP contribution in [0.1, 0.15) is 0 Å². The zero-order valence-corrected chi connectivity index (χ0v) is 17.4. The van der Waals surface area contributed by atoms with E-state index in [2.05, 4.69) is 20.0 Å². The Balaban J connectivity index is 1.37. The first kappa shape index (κ1) is 20.4. The molecule has 4 heterocycles. The van der Waals surface area contributed by atoms with Crippen molar-refractivity contribution in [2.45, 2.75) is 11.7 Å². The fourth-order valence-electron chi connectivity index (χ4n) is 3.42. The van der Waals surface area contributed by atoms with Gasteiger partial charge in [0.2, 0.25) is 5.16 Å². The van der Waals surface area contributed by atoms with Gasteiger partial charge in [0.05, 0.1) is 12.2 Å². The maximum Gasteiger partial charge on any atom is 0.277 e. The molecule has 4 rings (SSSR count). The molecule has 0 aliphatic carbocycles. The van der Waals surface area contributed by atoms with Crippen LogP contribution in [0.4, 0.5) is 0 Å². The van der Waals surface area contributed by atoms with Crippen molar-refractivity contribution in [1.82, 2.24) is 33.5 Å². The summed E-state index contributed by atoms with van der Waals surface area (Å²) in [7, 11) is -1.93. The number of hydrogen-bond acceptors (Lipinski definition) is 7. The molecule has 0 amide bonds. The minimum Gasteiger partial charge on any atom is -0.324 e. The van der Waals surface area contributed by atoms with Gasteiger partial charge < -0.3 is 4.57 Å². The second-order valence-electron chi connectivity index (χ2n) is 7.09. The summed E-state index contributed by atoms with van der Waals surface area (Å²) in [4.78, 5) is 22.4. The van der Waals surface area contributed by atoms with Crippen LogP contribution in [-0.2, 0) is 23.6 Å². The van der Waals surface area contributed by atoms with E-state index >= 15 is 0 Å². The predicted octanol–water partition coefficient (Wildman–Crippen LogP) is 0.0453. The third-order valence-electron chi connectivity index (χ3n) is 5.13. The SMILES string of the molecule is Cn1ccnc1S(=O)(=O)N1CCN(CCn2nc(-c3cccnc3)ccc2=O)CC1. The highest BCUT2D eigenvalue weighted by atomic mass is 32.2. The van der Waals surface area contributed by atoms with Crippen molar-refractivity contribution >= 4 is 10.0 Å². The van der Waals surface area contributed by atoms with Crippen molar-refractivity contribution < 1.29 is 8.42 Å². The van der Waals surface area contributed by atoms with Gasteiger partial charge in [0.15, 0.2) is 0 Å². The van der Waals surface area contributed by atoms with E-state index in [9.17, 15) is 13.2 Å². The van der Waals surface area contributed by atoms with Gasteiger partial charge in [-0.05, 0) is 18.2 Å².